The fourth-order valence-corrected chi connectivity index (χ4v) is 0.667. The predicted molar refractivity (Wildman–Crippen MR) is 82.2 cm³/mol. The number of nitrogens with two attached hydrogens (primary N) is 1. The zero-order valence-corrected chi connectivity index (χ0v) is 14.5. The molecule has 0 spiro atoms. The minimum atomic E-state index is -0.611. The normalized spacial score (nSPS) is 11.2. The molecule has 0 rings (SSSR count). The van der Waals surface area contributed by atoms with Crippen molar-refractivity contribution in [2.45, 2.75) is 40.2 Å². The topological polar surface area (TPSA) is 60.2 Å². The molecule has 0 aliphatic carbocycles. The van der Waals surface area contributed by atoms with Crippen LogP contribution in [0.4, 0.5) is 0 Å². The lowest BCUT2D eigenvalue weighted by atomic mass is 9.80. The highest BCUT2D eigenvalue weighted by Gasteiger charge is 2.26. The van der Waals surface area contributed by atoms with Crippen molar-refractivity contribution >= 4 is 21.6 Å². The Bertz CT molecular complexity index is 197. The number of hydrogen-bond donors (Lipinski definition) is 1. The molecule has 0 aliphatic heterocycles. The number of rotatable bonds is 2. The second-order valence-electron chi connectivity index (χ2n) is 5.16. The molecule has 0 aliphatic rings. The van der Waals surface area contributed by atoms with E-state index in [0.29, 0.717) is 11.8 Å². The van der Waals surface area contributed by atoms with Gasteiger partial charge >= 0.3 is 0 Å². The van der Waals surface area contributed by atoms with Gasteiger partial charge in [0.2, 0.25) is 0 Å². The van der Waals surface area contributed by atoms with Crippen molar-refractivity contribution in [1.82, 2.24) is 0 Å². The fraction of sp³-hybridized carbons (Fsp3) is 1.00. The molecule has 17 heavy (non-hydrogen) atoms. The fourth-order valence-electron chi connectivity index (χ4n) is 0.667. The smallest absolute Gasteiger partial charge is 0.0172 e. The molecule has 0 atom stereocenters. The van der Waals surface area contributed by atoms with Crippen molar-refractivity contribution in [2.75, 3.05) is 25.0 Å². The van der Waals surface area contributed by atoms with Crippen LogP contribution in [-0.2, 0) is 21.6 Å². The Balaban J connectivity index is -0.000000205. The van der Waals surface area contributed by atoms with Gasteiger partial charge in [0.15, 0.2) is 0 Å². The average Bonchev–Trinajstić information content (AvgIpc) is 2.00. The molecule has 0 saturated heterocycles. The van der Waals surface area contributed by atoms with E-state index in [9.17, 15) is 8.42 Å². The minimum absolute atomic E-state index is 0.000000000000000222. The monoisotopic (exact) mass is 285 g/mol. The third kappa shape index (κ3) is 22.0. The first kappa shape index (κ1) is 22.4. The van der Waals surface area contributed by atoms with Gasteiger partial charge in [-0.3, -0.25) is 8.42 Å². The standard InChI is InChI=1S/C8H19N.2C2H6OS/c1-6(2)8(5,9)7(3)4;2*1-4(2)3/h6-7H,9H2,1-5H3;2*1-2H3. The first-order chi connectivity index (χ1) is 7.35. The molecule has 0 unspecified atom stereocenters. The summed E-state index contributed by atoms with van der Waals surface area (Å²) < 4.78 is 19.1. The van der Waals surface area contributed by atoms with Crippen molar-refractivity contribution in [2.24, 2.45) is 17.6 Å². The lowest BCUT2D eigenvalue weighted by molar-refractivity contribution is 0.250. The minimum Gasteiger partial charge on any atom is -0.325 e. The third-order valence-electron chi connectivity index (χ3n) is 2.49. The molecule has 0 aromatic heterocycles. The van der Waals surface area contributed by atoms with Gasteiger partial charge in [-0.15, -0.1) is 0 Å². The van der Waals surface area contributed by atoms with E-state index < -0.39 is 21.6 Å². The van der Waals surface area contributed by atoms with Gasteiger partial charge in [-0.05, 0) is 18.8 Å². The summed E-state index contributed by atoms with van der Waals surface area (Å²) >= 11 is 0. The van der Waals surface area contributed by atoms with Crippen LogP contribution in [0, 0.1) is 11.8 Å². The van der Waals surface area contributed by atoms with Crippen molar-refractivity contribution in [3.63, 3.8) is 0 Å². The van der Waals surface area contributed by atoms with Crippen LogP contribution in [0.3, 0.4) is 0 Å². The average molecular weight is 286 g/mol. The Hall–Kier alpha value is 0.260. The molecule has 0 radical (unpaired) electrons. The first-order valence-electron chi connectivity index (χ1n) is 5.64. The van der Waals surface area contributed by atoms with E-state index in [1.807, 2.05) is 0 Å². The van der Waals surface area contributed by atoms with Crippen LogP contribution in [0.15, 0.2) is 0 Å². The quantitative estimate of drug-likeness (QED) is 0.844. The molecule has 0 amide bonds. The number of hydrogen-bond acceptors (Lipinski definition) is 3. The highest BCUT2D eigenvalue weighted by molar-refractivity contribution is 7.83. The SMILES string of the molecule is CC(C)C(C)(N)C(C)C.CS(C)=O.CS(C)=O. The molecule has 3 nitrogen and oxygen atoms in total. The van der Waals surface area contributed by atoms with E-state index in [2.05, 4.69) is 34.6 Å². The van der Waals surface area contributed by atoms with Crippen molar-refractivity contribution in [1.29, 1.82) is 0 Å². The molecular weight excluding hydrogens is 254 g/mol. The van der Waals surface area contributed by atoms with Gasteiger partial charge in [0, 0.05) is 52.2 Å². The van der Waals surface area contributed by atoms with Crippen molar-refractivity contribution in [3.05, 3.63) is 0 Å². The maximum absolute atomic E-state index is 9.56. The van der Waals surface area contributed by atoms with Crippen LogP contribution in [-0.4, -0.2) is 39.0 Å². The zero-order chi connectivity index (χ0) is 14.8. The lowest BCUT2D eigenvalue weighted by Gasteiger charge is -2.33. The predicted octanol–water partition coefficient (Wildman–Crippen LogP) is 2.01. The molecular formula is C12H31NO2S2. The summed E-state index contributed by atoms with van der Waals surface area (Å²) in [4.78, 5) is 0. The molecule has 0 aromatic rings. The van der Waals surface area contributed by atoms with E-state index in [1.165, 1.54) is 0 Å². The largest absolute Gasteiger partial charge is 0.325 e. The molecule has 0 saturated carbocycles. The van der Waals surface area contributed by atoms with Gasteiger partial charge in [-0.25, -0.2) is 0 Å². The maximum atomic E-state index is 9.56. The Labute approximate surface area is 113 Å². The highest BCUT2D eigenvalue weighted by atomic mass is 32.2. The first-order valence-corrected chi connectivity index (χ1v) is 9.57. The van der Waals surface area contributed by atoms with Crippen LogP contribution in [0.5, 0.6) is 0 Å². The molecule has 0 aromatic carbocycles. The second kappa shape index (κ2) is 11.4. The summed E-state index contributed by atoms with van der Waals surface area (Å²) in [5.74, 6) is 1.13. The van der Waals surface area contributed by atoms with E-state index in [1.54, 1.807) is 25.0 Å². The molecule has 5 heteroatoms. The zero-order valence-electron chi connectivity index (χ0n) is 12.9. The molecule has 0 heterocycles. The van der Waals surface area contributed by atoms with Gasteiger partial charge < -0.3 is 5.73 Å². The van der Waals surface area contributed by atoms with E-state index in [0.717, 1.165) is 0 Å². The van der Waals surface area contributed by atoms with Crippen LogP contribution < -0.4 is 5.73 Å². The van der Waals surface area contributed by atoms with Crippen LogP contribution in [0.1, 0.15) is 34.6 Å². The van der Waals surface area contributed by atoms with Crippen molar-refractivity contribution < 1.29 is 8.42 Å². The van der Waals surface area contributed by atoms with E-state index in [4.69, 9.17) is 5.73 Å². The second-order valence-corrected chi connectivity index (χ2v) is 8.12. The Morgan fingerprint density at radius 3 is 0.941 bits per heavy atom. The Kier molecular flexibility index (Phi) is 15.0. The van der Waals surface area contributed by atoms with Crippen LogP contribution in [0.25, 0.3) is 0 Å². The van der Waals surface area contributed by atoms with Crippen LogP contribution >= 0.6 is 0 Å². The third-order valence-corrected chi connectivity index (χ3v) is 2.49. The lowest BCUT2D eigenvalue weighted by Crippen LogP contribution is -2.46. The van der Waals surface area contributed by atoms with Gasteiger partial charge in [0.05, 0.1) is 0 Å². The molecule has 108 valence electrons. The molecule has 0 bridgehead atoms. The Morgan fingerprint density at radius 2 is 0.941 bits per heavy atom. The van der Waals surface area contributed by atoms with Gasteiger partial charge in [-0.1, -0.05) is 27.7 Å². The highest BCUT2D eigenvalue weighted by Crippen LogP contribution is 2.21. The summed E-state index contributed by atoms with van der Waals surface area (Å²) in [6.45, 7) is 10.8. The summed E-state index contributed by atoms with van der Waals surface area (Å²) in [5, 5.41) is 0. The van der Waals surface area contributed by atoms with Crippen LogP contribution in [0.2, 0.25) is 0 Å². The molecule has 2 N–H and O–H groups in total. The maximum Gasteiger partial charge on any atom is 0.0172 e. The van der Waals surface area contributed by atoms with Gasteiger partial charge in [0.1, 0.15) is 0 Å². The molecule has 0 fully saturated rings. The van der Waals surface area contributed by atoms with Crippen molar-refractivity contribution in [3.8, 4) is 0 Å². The van der Waals surface area contributed by atoms with E-state index >= 15 is 0 Å². The van der Waals surface area contributed by atoms with Gasteiger partial charge in [0.25, 0.3) is 0 Å². The summed E-state index contributed by atoms with van der Waals surface area (Å²) in [7, 11) is -1.22. The summed E-state index contributed by atoms with van der Waals surface area (Å²) in [5.41, 5.74) is 6.00. The van der Waals surface area contributed by atoms with E-state index in [-0.39, 0.29) is 5.54 Å². The Morgan fingerprint density at radius 1 is 0.824 bits per heavy atom. The van der Waals surface area contributed by atoms with Gasteiger partial charge in [-0.2, -0.15) is 0 Å². The summed E-state index contributed by atoms with van der Waals surface area (Å²) in [6, 6.07) is 0. The summed E-state index contributed by atoms with van der Waals surface area (Å²) in [6.07, 6.45) is 6.56.